The number of carbonyl (C=O) groups is 3. The summed E-state index contributed by atoms with van der Waals surface area (Å²) in [6, 6.07) is 0.268. The van der Waals surface area contributed by atoms with Crippen LogP contribution >= 0.6 is 12.4 Å². The lowest BCUT2D eigenvalue weighted by Crippen LogP contribution is -2.54. The molecule has 0 aromatic carbocycles. The summed E-state index contributed by atoms with van der Waals surface area (Å²) in [6.45, 7) is 2.84. The SMILES string of the molecule is CC1NCCCC1NC(=O)CN1C(=O)C2C3CCC(O3)C2C1=O.Cl. The highest BCUT2D eigenvalue weighted by molar-refractivity contribution is 6.08. The zero-order chi connectivity index (χ0) is 16.1. The number of rotatable bonds is 3. The van der Waals surface area contributed by atoms with Gasteiger partial charge in [-0.15, -0.1) is 12.4 Å². The third-order valence-electron chi connectivity index (χ3n) is 5.79. The Balaban J connectivity index is 0.00000169. The van der Waals surface area contributed by atoms with Gasteiger partial charge in [-0.25, -0.2) is 0 Å². The lowest BCUT2D eigenvalue weighted by molar-refractivity contribution is -0.146. The van der Waals surface area contributed by atoms with Gasteiger partial charge >= 0.3 is 0 Å². The maximum atomic E-state index is 12.5. The first-order valence-corrected chi connectivity index (χ1v) is 8.59. The van der Waals surface area contributed by atoms with Crippen molar-refractivity contribution in [3.8, 4) is 0 Å². The van der Waals surface area contributed by atoms with Crippen LogP contribution in [0.5, 0.6) is 0 Å². The van der Waals surface area contributed by atoms with Gasteiger partial charge < -0.3 is 15.4 Å². The van der Waals surface area contributed by atoms with Crippen LogP contribution in [0.4, 0.5) is 0 Å². The number of carbonyl (C=O) groups excluding carboxylic acids is 3. The van der Waals surface area contributed by atoms with Crippen LogP contribution in [-0.4, -0.2) is 60.0 Å². The van der Waals surface area contributed by atoms with Crippen molar-refractivity contribution in [3.63, 3.8) is 0 Å². The molecule has 3 amide bonds. The molecule has 2 bridgehead atoms. The molecule has 4 fully saturated rings. The van der Waals surface area contributed by atoms with Crippen molar-refractivity contribution < 1.29 is 19.1 Å². The van der Waals surface area contributed by atoms with Gasteiger partial charge in [-0.05, 0) is 39.2 Å². The first-order valence-electron chi connectivity index (χ1n) is 8.59. The second-order valence-electron chi connectivity index (χ2n) is 7.16. The third kappa shape index (κ3) is 2.72. The van der Waals surface area contributed by atoms with Gasteiger partial charge in [0.1, 0.15) is 6.54 Å². The smallest absolute Gasteiger partial charge is 0.240 e. The second kappa shape index (κ2) is 6.61. The van der Waals surface area contributed by atoms with E-state index in [-0.39, 0.29) is 72.8 Å². The Morgan fingerprint density at radius 2 is 1.83 bits per heavy atom. The summed E-state index contributed by atoms with van der Waals surface area (Å²) >= 11 is 0. The van der Waals surface area contributed by atoms with E-state index in [1.54, 1.807) is 0 Å². The van der Waals surface area contributed by atoms with E-state index in [1.807, 2.05) is 6.92 Å². The maximum absolute atomic E-state index is 12.5. The van der Waals surface area contributed by atoms with E-state index in [1.165, 1.54) is 0 Å². The molecule has 0 aromatic rings. The molecule has 4 heterocycles. The Morgan fingerprint density at radius 3 is 2.42 bits per heavy atom. The molecule has 2 N–H and O–H groups in total. The molecule has 6 atom stereocenters. The lowest BCUT2D eigenvalue weighted by atomic mass is 9.81. The number of amides is 3. The predicted molar refractivity (Wildman–Crippen MR) is 87.5 cm³/mol. The largest absolute Gasteiger partial charge is 0.373 e. The van der Waals surface area contributed by atoms with Crippen molar-refractivity contribution in [2.24, 2.45) is 11.8 Å². The number of likely N-dealkylation sites (tertiary alicyclic amines) is 1. The standard InChI is InChI=1S/C16H23N3O4.ClH/c1-8-9(3-2-6-17-8)18-12(20)7-19-15(21)13-10-4-5-11(23-10)14(13)16(19)22;/h8-11,13-14,17H,2-7H2,1H3,(H,18,20);1H. The van der Waals surface area contributed by atoms with E-state index in [9.17, 15) is 14.4 Å². The molecule has 0 aromatic heterocycles. The molecule has 8 heteroatoms. The van der Waals surface area contributed by atoms with Crippen LogP contribution in [0.1, 0.15) is 32.6 Å². The topological polar surface area (TPSA) is 87.7 Å². The van der Waals surface area contributed by atoms with Gasteiger partial charge in [0.15, 0.2) is 0 Å². The van der Waals surface area contributed by atoms with E-state index >= 15 is 0 Å². The Kier molecular flexibility index (Phi) is 4.86. The number of piperidine rings is 1. The predicted octanol–water partition coefficient (Wildman–Crippen LogP) is -0.173. The maximum Gasteiger partial charge on any atom is 0.240 e. The summed E-state index contributed by atoms with van der Waals surface area (Å²) in [5.74, 6) is -1.41. The van der Waals surface area contributed by atoms with Crippen LogP contribution in [0, 0.1) is 11.8 Å². The number of halogens is 1. The molecule has 0 saturated carbocycles. The van der Waals surface area contributed by atoms with Crippen molar-refractivity contribution in [1.82, 2.24) is 15.5 Å². The van der Waals surface area contributed by atoms with Gasteiger partial charge in [-0.1, -0.05) is 0 Å². The highest BCUT2D eigenvalue weighted by atomic mass is 35.5. The molecule has 4 aliphatic rings. The van der Waals surface area contributed by atoms with E-state index in [0.717, 1.165) is 37.1 Å². The minimum Gasteiger partial charge on any atom is -0.373 e. The molecule has 4 saturated heterocycles. The van der Waals surface area contributed by atoms with Gasteiger partial charge in [0.25, 0.3) is 0 Å². The summed E-state index contributed by atoms with van der Waals surface area (Å²) in [7, 11) is 0. The van der Waals surface area contributed by atoms with E-state index < -0.39 is 0 Å². The minimum atomic E-state index is -0.357. The lowest BCUT2D eigenvalue weighted by Gasteiger charge is -2.31. The van der Waals surface area contributed by atoms with Gasteiger partial charge in [0.2, 0.25) is 17.7 Å². The second-order valence-corrected chi connectivity index (χ2v) is 7.16. The molecule has 4 aliphatic heterocycles. The number of imide groups is 1. The van der Waals surface area contributed by atoms with Crippen molar-refractivity contribution in [2.75, 3.05) is 13.1 Å². The Bertz CT molecular complexity index is 529. The Hall–Kier alpha value is -1.18. The van der Waals surface area contributed by atoms with Crippen molar-refractivity contribution in [2.45, 2.75) is 56.9 Å². The quantitative estimate of drug-likeness (QED) is 0.685. The van der Waals surface area contributed by atoms with Crippen LogP contribution in [0.15, 0.2) is 0 Å². The molecular weight excluding hydrogens is 334 g/mol. The summed E-state index contributed by atoms with van der Waals surface area (Å²) in [6.07, 6.45) is 3.37. The van der Waals surface area contributed by atoms with Crippen LogP contribution in [0.2, 0.25) is 0 Å². The Labute approximate surface area is 147 Å². The average molecular weight is 358 g/mol. The summed E-state index contributed by atoms with van der Waals surface area (Å²) in [5.41, 5.74) is 0. The molecule has 6 unspecified atom stereocenters. The third-order valence-corrected chi connectivity index (χ3v) is 5.79. The summed E-state index contributed by atoms with van der Waals surface area (Å²) < 4.78 is 5.69. The van der Waals surface area contributed by atoms with E-state index in [0.29, 0.717) is 0 Å². The van der Waals surface area contributed by atoms with Crippen molar-refractivity contribution in [3.05, 3.63) is 0 Å². The molecule has 0 spiro atoms. The number of nitrogens with zero attached hydrogens (tertiary/aromatic N) is 1. The van der Waals surface area contributed by atoms with Gasteiger partial charge in [-0.3, -0.25) is 19.3 Å². The highest BCUT2D eigenvalue weighted by Gasteiger charge is 2.62. The molecule has 134 valence electrons. The zero-order valence-electron chi connectivity index (χ0n) is 13.7. The first kappa shape index (κ1) is 17.6. The fourth-order valence-electron chi connectivity index (χ4n) is 4.57. The van der Waals surface area contributed by atoms with Crippen molar-refractivity contribution >= 4 is 30.1 Å². The molecule has 24 heavy (non-hydrogen) atoms. The number of fused-ring (bicyclic) bond motifs is 5. The van der Waals surface area contributed by atoms with Crippen molar-refractivity contribution in [1.29, 1.82) is 0 Å². The molecule has 4 rings (SSSR count). The zero-order valence-corrected chi connectivity index (χ0v) is 14.5. The van der Waals surface area contributed by atoms with Gasteiger partial charge in [0, 0.05) is 12.1 Å². The van der Waals surface area contributed by atoms with E-state index in [4.69, 9.17) is 4.74 Å². The fourth-order valence-corrected chi connectivity index (χ4v) is 4.57. The Morgan fingerprint density at radius 1 is 1.21 bits per heavy atom. The van der Waals surface area contributed by atoms with Crippen LogP contribution in [-0.2, 0) is 19.1 Å². The van der Waals surface area contributed by atoms with Crippen LogP contribution < -0.4 is 10.6 Å². The van der Waals surface area contributed by atoms with Gasteiger partial charge in [0.05, 0.1) is 24.0 Å². The monoisotopic (exact) mass is 357 g/mol. The average Bonchev–Trinajstić information content (AvgIpc) is 3.19. The normalized spacial score (nSPS) is 40.5. The number of ether oxygens (including phenoxy) is 1. The fraction of sp³-hybridized carbons (Fsp3) is 0.812. The van der Waals surface area contributed by atoms with Crippen LogP contribution in [0.3, 0.4) is 0 Å². The summed E-state index contributed by atoms with van der Waals surface area (Å²) in [5, 5.41) is 6.28. The van der Waals surface area contributed by atoms with Gasteiger partial charge in [-0.2, -0.15) is 0 Å². The number of nitrogens with one attached hydrogen (secondary N) is 2. The number of hydrogen-bond donors (Lipinski definition) is 2. The first-order chi connectivity index (χ1) is 11.1. The van der Waals surface area contributed by atoms with Crippen LogP contribution in [0.25, 0.3) is 0 Å². The minimum absolute atomic E-state index is 0. The molecule has 0 radical (unpaired) electrons. The number of hydrogen-bond acceptors (Lipinski definition) is 5. The summed E-state index contributed by atoms with van der Waals surface area (Å²) in [4.78, 5) is 38.5. The molecule has 0 aliphatic carbocycles. The molecule has 7 nitrogen and oxygen atoms in total. The van der Waals surface area contributed by atoms with E-state index in [2.05, 4.69) is 10.6 Å². The highest BCUT2D eigenvalue weighted by Crippen LogP contribution is 2.48. The molecular formula is C16H24ClN3O4.